The SMILES string of the molecule is CC(C)C1CN(Cc2ccnc3ccccc23)C(C)CN1. The molecule has 2 unspecified atom stereocenters. The lowest BCUT2D eigenvalue weighted by molar-refractivity contribution is 0.116. The standard InChI is InChI=1S/C18H25N3/c1-13(2)18-12-21(14(3)10-20-18)11-15-8-9-19-17-7-5-4-6-16(15)17/h4-9,13-14,18,20H,10-12H2,1-3H3. The highest BCUT2D eigenvalue weighted by molar-refractivity contribution is 5.81. The van der Waals surface area contributed by atoms with Crippen LogP contribution in [0.2, 0.25) is 0 Å². The van der Waals surface area contributed by atoms with Crippen LogP contribution in [0.25, 0.3) is 10.9 Å². The summed E-state index contributed by atoms with van der Waals surface area (Å²) in [5.41, 5.74) is 2.48. The van der Waals surface area contributed by atoms with Crippen molar-refractivity contribution in [3.8, 4) is 0 Å². The van der Waals surface area contributed by atoms with Gasteiger partial charge in [-0.15, -0.1) is 0 Å². The second kappa shape index (κ2) is 6.12. The Morgan fingerprint density at radius 2 is 2.10 bits per heavy atom. The molecule has 0 spiro atoms. The number of pyridine rings is 1. The van der Waals surface area contributed by atoms with Crippen LogP contribution < -0.4 is 5.32 Å². The number of piperazine rings is 1. The van der Waals surface area contributed by atoms with Crippen molar-refractivity contribution in [2.75, 3.05) is 13.1 Å². The van der Waals surface area contributed by atoms with Gasteiger partial charge < -0.3 is 5.32 Å². The fraction of sp³-hybridized carbons (Fsp3) is 0.500. The third-order valence-electron chi connectivity index (χ3n) is 4.65. The number of hydrogen-bond acceptors (Lipinski definition) is 3. The molecule has 112 valence electrons. The first-order valence-corrected chi connectivity index (χ1v) is 7.95. The minimum Gasteiger partial charge on any atom is -0.311 e. The first-order valence-electron chi connectivity index (χ1n) is 7.95. The van der Waals surface area contributed by atoms with Crippen molar-refractivity contribution in [2.45, 2.75) is 39.4 Å². The number of rotatable bonds is 3. The van der Waals surface area contributed by atoms with E-state index in [9.17, 15) is 0 Å². The molecule has 1 N–H and O–H groups in total. The molecule has 0 radical (unpaired) electrons. The molecule has 1 fully saturated rings. The summed E-state index contributed by atoms with van der Waals surface area (Å²) in [5, 5.41) is 4.95. The Bertz CT molecular complexity index is 603. The van der Waals surface area contributed by atoms with Gasteiger partial charge in [0.15, 0.2) is 0 Å². The molecular weight excluding hydrogens is 258 g/mol. The topological polar surface area (TPSA) is 28.2 Å². The molecule has 2 heterocycles. The van der Waals surface area contributed by atoms with Crippen LogP contribution >= 0.6 is 0 Å². The molecule has 1 aliphatic rings. The quantitative estimate of drug-likeness (QED) is 0.938. The number of nitrogens with one attached hydrogen (secondary N) is 1. The number of aromatic nitrogens is 1. The molecule has 1 aliphatic heterocycles. The van der Waals surface area contributed by atoms with Crippen LogP contribution in [-0.2, 0) is 6.54 Å². The fourth-order valence-corrected chi connectivity index (χ4v) is 3.13. The van der Waals surface area contributed by atoms with Gasteiger partial charge in [0.2, 0.25) is 0 Å². The van der Waals surface area contributed by atoms with Crippen LogP contribution in [0.5, 0.6) is 0 Å². The maximum Gasteiger partial charge on any atom is 0.0705 e. The Kier molecular flexibility index (Phi) is 4.22. The molecule has 3 rings (SSSR count). The average molecular weight is 283 g/mol. The molecule has 1 aromatic carbocycles. The molecule has 3 heteroatoms. The first kappa shape index (κ1) is 14.5. The Hall–Kier alpha value is -1.45. The maximum atomic E-state index is 4.47. The van der Waals surface area contributed by atoms with Crippen molar-refractivity contribution in [1.29, 1.82) is 0 Å². The Morgan fingerprint density at radius 3 is 2.90 bits per heavy atom. The van der Waals surface area contributed by atoms with Crippen molar-refractivity contribution in [2.24, 2.45) is 5.92 Å². The van der Waals surface area contributed by atoms with Gasteiger partial charge in [-0.2, -0.15) is 0 Å². The summed E-state index contributed by atoms with van der Waals surface area (Å²) >= 11 is 0. The van der Waals surface area contributed by atoms with E-state index in [2.05, 4.69) is 66.3 Å². The van der Waals surface area contributed by atoms with Crippen molar-refractivity contribution in [3.63, 3.8) is 0 Å². The molecule has 3 nitrogen and oxygen atoms in total. The first-order chi connectivity index (χ1) is 10.1. The van der Waals surface area contributed by atoms with Gasteiger partial charge >= 0.3 is 0 Å². The van der Waals surface area contributed by atoms with Crippen molar-refractivity contribution < 1.29 is 0 Å². The molecule has 2 atom stereocenters. The fourth-order valence-electron chi connectivity index (χ4n) is 3.13. The number of para-hydroxylation sites is 1. The summed E-state index contributed by atoms with van der Waals surface area (Å²) in [6.45, 7) is 10.1. The molecule has 0 amide bonds. The van der Waals surface area contributed by atoms with Crippen molar-refractivity contribution >= 4 is 10.9 Å². The van der Waals surface area contributed by atoms with Gasteiger partial charge in [-0.3, -0.25) is 9.88 Å². The normalized spacial score (nSPS) is 23.8. The molecule has 21 heavy (non-hydrogen) atoms. The molecule has 2 aromatic rings. The lowest BCUT2D eigenvalue weighted by Gasteiger charge is -2.40. The van der Waals surface area contributed by atoms with E-state index in [0.29, 0.717) is 18.0 Å². The Balaban J connectivity index is 1.83. The summed E-state index contributed by atoms with van der Waals surface area (Å²) in [6, 6.07) is 11.8. The van der Waals surface area contributed by atoms with Gasteiger partial charge in [-0.1, -0.05) is 32.0 Å². The molecule has 1 aromatic heterocycles. The van der Waals surface area contributed by atoms with Gasteiger partial charge in [-0.25, -0.2) is 0 Å². The zero-order valence-corrected chi connectivity index (χ0v) is 13.2. The van der Waals surface area contributed by atoms with E-state index in [1.165, 1.54) is 10.9 Å². The van der Waals surface area contributed by atoms with E-state index in [4.69, 9.17) is 0 Å². The van der Waals surface area contributed by atoms with Crippen LogP contribution in [-0.4, -0.2) is 35.1 Å². The Morgan fingerprint density at radius 1 is 1.29 bits per heavy atom. The predicted octanol–water partition coefficient (Wildman–Crippen LogP) is 3.05. The van der Waals surface area contributed by atoms with Crippen LogP contribution in [0.3, 0.4) is 0 Å². The van der Waals surface area contributed by atoms with Crippen LogP contribution in [0.15, 0.2) is 36.5 Å². The third kappa shape index (κ3) is 3.09. The summed E-state index contributed by atoms with van der Waals surface area (Å²) < 4.78 is 0. The second-order valence-electron chi connectivity index (χ2n) is 6.52. The highest BCUT2D eigenvalue weighted by Crippen LogP contribution is 2.21. The number of nitrogens with zero attached hydrogens (tertiary/aromatic N) is 2. The van der Waals surface area contributed by atoms with Crippen molar-refractivity contribution in [1.82, 2.24) is 15.2 Å². The van der Waals surface area contributed by atoms with E-state index in [0.717, 1.165) is 25.2 Å². The van der Waals surface area contributed by atoms with Gasteiger partial charge in [0, 0.05) is 43.3 Å². The summed E-state index contributed by atoms with van der Waals surface area (Å²) in [5.74, 6) is 0.675. The van der Waals surface area contributed by atoms with Gasteiger partial charge in [-0.05, 0) is 30.5 Å². The summed E-state index contributed by atoms with van der Waals surface area (Å²) in [4.78, 5) is 7.07. The number of benzene rings is 1. The molecule has 0 bridgehead atoms. The third-order valence-corrected chi connectivity index (χ3v) is 4.65. The highest BCUT2D eigenvalue weighted by Gasteiger charge is 2.26. The molecule has 0 aliphatic carbocycles. The number of hydrogen-bond donors (Lipinski definition) is 1. The minimum absolute atomic E-state index is 0.576. The van der Waals surface area contributed by atoms with E-state index in [1.807, 2.05) is 6.20 Å². The average Bonchev–Trinajstić information content (AvgIpc) is 2.49. The molecular formula is C18H25N3. The monoisotopic (exact) mass is 283 g/mol. The van der Waals surface area contributed by atoms with Crippen molar-refractivity contribution in [3.05, 3.63) is 42.1 Å². The van der Waals surface area contributed by atoms with E-state index >= 15 is 0 Å². The maximum absolute atomic E-state index is 4.47. The number of fused-ring (bicyclic) bond motifs is 1. The van der Waals surface area contributed by atoms with E-state index in [1.54, 1.807) is 0 Å². The highest BCUT2D eigenvalue weighted by atomic mass is 15.2. The lowest BCUT2D eigenvalue weighted by Crippen LogP contribution is -2.56. The van der Waals surface area contributed by atoms with E-state index < -0.39 is 0 Å². The zero-order chi connectivity index (χ0) is 14.8. The van der Waals surface area contributed by atoms with Gasteiger partial charge in [0.1, 0.15) is 0 Å². The summed E-state index contributed by atoms with van der Waals surface area (Å²) in [6.07, 6.45) is 1.93. The second-order valence-corrected chi connectivity index (χ2v) is 6.52. The van der Waals surface area contributed by atoms with E-state index in [-0.39, 0.29) is 0 Å². The summed E-state index contributed by atoms with van der Waals surface area (Å²) in [7, 11) is 0. The minimum atomic E-state index is 0.576. The Labute approximate surface area is 127 Å². The van der Waals surface area contributed by atoms with Crippen LogP contribution in [0.1, 0.15) is 26.3 Å². The molecule has 0 saturated carbocycles. The van der Waals surface area contributed by atoms with Crippen LogP contribution in [0.4, 0.5) is 0 Å². The molecule has 1 saturated heterocycles. The van der Waals surface area contributed by atoms with Gasteiger partial charge in [0.25, 0.3) is 0 Å². The largest absolute Gasteiger partial charge is 0.311 e. The van der Waals surface area contributed by atoms with Gasteiger partial charge in [0.05, 0.1) is 5.52 Å². The lowest BCUT2D eigenvalue weighted by atomic mass is 9.99. The zero-order valence-electron chi connectivity index (χ0n) is 13.2. The smallest absolute Gasteiger partial charge is 0.0705 e. The van der Waals surface area contributed by atoms with Crippen LogP contribution in [0, 0.1) is 5.92 Å². The predicted molar refractivity (Wildman–Crippen MR) is 88.2 cm³/mol.